The Balaban J connectivity index is 1.36. The Hall–Kier alpha value is -3.85. The van der Waals surface area contributed by atoms with Crippen molar-refractivity contribution in [2.45, 2.75) is 38.8 Å². The molecule has 1 aliphatic heterocycles. The van der Waals surface area contributed by atoms with E-state index in [4.69, 9.17) is 19.2 Å². The average molecular weight is 504 g/mol. The van der Waals surface area contributed by atoms with Crippen molar-refractivity contribution in [1.29, 1.82) is 0 Å². The number of nitrogens with zero attached hydrogens (tertiary/aromatic N) is 4. The number of carbonyl (C=O) groups is 1. The molecule has 1 aliphatic rings. The Morgan fingerprint density at radius 3 is 2.84 bits per heavy atom. The summed E-state index contributed by atoms with van der Waals surface area (Å²) in [4.78, 5) is 23.8. The lowest BCUT2D eigenvalue weighted by atomic mass is 10.1. The number of hydrogen-bond acceptors (Lipinski definition) is 7. The van der Waals surface area contributed by atoms with Gasteiger partial charge in [0.1, 0.15) is 23.6 Å². The third-order valence-corrected chi connectivity index (χ3v) is 6.22. The molecule has 0 saturated carbocycles. The molecule has 0 radical (unpaired) electrons. The maximum atomic E-state index is 12.5. The molecule has 0 spiro atoms. The number of amides is 1. The van der Waals surface area contributed by atoms with E-state index in [1.807, 2.05) is 67.9 Å². The normalized spacial score (nSPS) is 15.9. The van der Waals surface area contributed by atoms with E-state index in [2.05, 4.69) is 22.4 Å². The number of para-hydroxylation sites is 1. The number of pyridine rings is 2. The lowest BCUT2D eigenvalue weighted by Crippen LogP contribution is -2.36. The molecule has 9 nitrogen and oxygen atoms in total. The lowest BCUT2D eigenvalue weighted by Gasteiger charge is -2.24. The number of hydrogen-bond donors (Lipinski definition) is 1. The molecular formula is C28H33N5O4. The highest BCUT2D eigenvalue weighted by Crippen LogP contribution is 2.29. The van der Waals surface area contributed by atoms with Gasteiger partial charge in [-0.2, -0.15) is 0 Å². The number of anilines is 1. The fraction of sp³-hybridized carbons (Fsp3) is 0.393. The topological polar surface area (TPSA) is 90.2 Å². The lowest BCUT2D eigenvalue weighted by molar-refractivity contribution is 0.0293. The molecule has 1 fully saturated rings. The second-order valence-corrected chi connectivity index (χ2v) is 10.2. The van der Waals surface area contributed by atoms with E-state index in [1.54, 1.807) is 12.0 Å². The summed E-state index contributed by atoms with van der Waals surface area (Å²) in [5, 5.41) is 4.65. The standard InChI is InChI=1S/C28H33N5O4/c1-28(2,3)37-27(34)32-12-10-20(18-32)30-23-7-5-6-19-8-9-22(31-26(19)23)24-17-29-25-16-21(11-13-33(24)25)36-15-14-35-4/h5-9,11,13,16-17,20,30H,10,12,14-15,18H2,1-4H3/t20-/m1/s1. The van der Waals surface area contributed by atoms with Crippen LogP contribution in [0, 0.1) is 0 Å². The van der Waals surface area contributed by atoms with E-state index in [0.29, 0.717) is 26.3 Å². The number of nitrogens with one attached hydrogen (secondary N) is 1. The summed E-state index contributed by atoms with van der Waals surface area (Å²) in [5.41, 5.74) is 3.82. The number of methoxy groups -OCH3 is 1. The summed E-state index contributed by atoms with van der Waals surface area (Å²) < 4.78 is 18.3. The second kappa shape index (κ2) is 10.3. The number of benzene rings is 1. The highest BCUT2D eigenvalue weighted by Gasteiger charge is 2.30. The van der Waals surface area contributed by atoms with Gasteiger partial charge in [0.25, 0.3) is 0 Å². The first-order valence-electron chi connectivity index (χ1n) is 12.5. The van der Waals surface area contributed by atoms with Crippen LogP contribution in [-0.2, 0) is 9.47 Å². The van der Waals surface area contributed by atoms with Crippen LogP contribution in [0.25, 0.3) is 27.9 Å². The van der Waals surface area contributed by atoms with Crippen LogP contribution in [0.1, 0.15) is 27.2 Å². The van der Waals surface area contributed by atoms with E-state index in [1.165, 1.54) is 0 Å². The maximum absolute atomic E-state index is 12.5. The molecule has 1 aromatic carbocycles. The van der Waals surface area contributed by atoms with Crippen LogP contribution >= 0.6 is 0 Å². The van der Waals surface area contributed by atoms with Gasteiger partial charge in [0.2, 0.25) is 0 Å². The predicted octanol–water partition coefficient (Wildman–Crippen LogP) is 5.00. The molecule has 3 aromatic heterocycles. The minimum atomic E-state index is -0.505. The van der Waals surface area contributed by atoms with Crippen molar-refractivity contribution in [3.05, 3.63) is 54.9 Å². The molecule has 194 valence electrons. The van der Waals surface area contributed by atoms with Gasteiger partial charge in [0.05, 0.1) is 35.4 Å². The molecule has 4 aromatic rings. The molecule has 1 amide bonds. The monoisotopic (exact) mass is 503 g/mol. The zero-order valence-corrected chi connectivity index (χ0v) is 21.7. The summed E-state index contributed by atoms with van der Waals surface area (Å²) in [7, 11) is 1.65. The van der Waals surface area contributed by atoms with Gasteiger partial charge in [-0.25, -0.2) is 14.8 Å². The van der Waals surface area contributed by atoms with Gasteiger partial charge in [-0.3, -0.25) is 4.40 Å². The SMILES string of the molecule is COCCOc1ccn2c(-c3ccc4cccc(N[C@@H]5CCN(C(=O)OC(C)(C)C)C5)c4n3)cnc2c1. The highest BCUT2D eigenvalue weighted by molar-refractivity contribution is 5.92. The number of rotatable bonds is 7. The molecule has 1 atom stereocenters. The predicted molar refractivity (Wildman–Crippen MR) is 143 cm³/mol. The quantitative estimate of drug-likeness (QED) is 0.355. The summed E-state index contributed by atoms with van der Waals surface area (Å²) in [6.07, 6.45) is 4.35. The Morgan fingerprint density at radius 1 is 1.16 bits per heavy atom. The van der Waals surface area contributed by atoms with Crippen LogP contribution in [0.15, 0.2) is 54.9 Å². The molecule has 0 aliphatic carbocycles. The highest BCUT2D eigenvalue weighted by atomic mass is 16.6. The first kappa shape index (κ1) is 24.8. The van der Waals surface area contributed by atoms with Crippen molar-refractivity contribution in [2.75, 3.05) is 38.7 Å². The van der Waals surface area contributed by atoms with Crippen LogP contribution < -0.4 is 10.1 Å². The van der Waals surface area contributed by atoms with Crippen molar-refractivity contribution in [2.24, 2.45) is 0 Å². The molecule has 0 unspecified atom stereocenters. The summed E-state index contributed by atoms with van der Waals surface area (Å²) in [6.45, 7) is 7.92. The van der Waals surface area contributed by atoms with Crippen molar-refractivity contribution in [1.82, 2.24) is 19.3 Å². The zero-order valence-electron chi connectivity index (χ0n) is 21.7. The molecule has 37 heavy (non-hydrogen) atoms. The number of fused-ring (bicyclic) bond motifs is 2. The van der Waals surface area contributed by atoms with Crippen LogP contribution in [-0.4, -0.2) is 70.4 Å². The molecule has 1 saturated heterocycles. The van der Waals surface area contributed by atoms with Crippen molar-refractivity contribution < 1.29 is 19.0 Å². The summed E-state index contributed by atoms with van der Waals surface area (Å²) >= 11 is 0. The molecule has 0 bridgehead atoms. The van der Waals surface area contributed by atoms with Crippen LogP contribution in [0.3, 0.4) is 0 Å². The molecule has 5 rings (SSSR count). The van der Waals surface area contributed by atoms with Crippen molar-refractivity contribution in [3.63, 3.8) is 0 Å². The maximum Gasteiger partial charge on any atom is 0.410 e. The van der Waals surface area contributed by atoms with Crippen LogP contribution in [0.4, 0.5) is 10.5 Å². The van der Waals surface area contributed by atoms with E-state index in [0.717, 1.165) is 45.8 Å². The average Bonchev–Trinajstić information content (AvgIpc) is 3.50. The van der Waals surface area contributed by atoms with Gasteiger partial charge in [-0.05, 0) is 45.4 Å². The Morgan fingerprint density at radius 2 is 2.03 bits per heavy atom. The first-order chi connectivity index (χ1) is 17.8. The number of likely N-dealkylation sites (tertiary alicyclic amines) is 1. The summed E-state index contributed by atoms with van der Waals surface area (Å²) in [5.74, 6) is 0.747. The molecule has 4 heterocycles. The number of aromatic nitrogens is 3. The first-order valence-corrected chi connectivity index (χ1v) is 12.5. The fourth-order valence-electron chi connectivity index (χ4n) is 4.48. The van der Waals surface area contributed by atoms with E-state index < -0.39 is 5.60 Å². The summed E-state index contributed by atoms with van der Waals surface area (Å²) in [6, 6.07) is 14.1. The molecule has 1 N–H and O–H groups in total. The Bertz CT molecular complexity index is 1410. The third-order valence-electron chi connectivity index (χ3n) is 6.22. The smallest absolute Gasteiger partial charge is 0.410 e. The van der Waals surface area contributed by atoms with E-state index in [-0.39, 0.29) is 12.1 Å². The minimum Gasteiger partial charge on any atom is -0.491 e. The molecule has 9 heteroatoms. The number of carbonyl (C=O) groups excluding carboxylic acids is 1. The number of imidazole rings is 1. The van der Waals surface area contributed by atoms with E-state index in [9.17, 15) is 4.79 Å². The Kier molecular flexibility index (Phi) is 6.88. The van der Waals surface area contributed by atoms with Gasteiger partial charge < -0.3 is 24.4 Å². The van der Waals surface area contributed by atoms with Gasteiger partial charge in [0, 0.05) is 43.9 Å². The van der Waals surface area contributed by atoms with Gasteiger partial charge >= 0.3 is 6.09 Å². The number of ether oxygens (including phenoxy) is 3. The Labute approximate surface area is 216 Å². The molecular weight excluding hydrogens is 470 g/mol. The van der Waals surface area contributed by atoms with Crippen molar-refractivity contribution in [3.8, 4) is 17.1 Å². The largest absolute Gasteiger partial charge is 0.491 e. The van der Waals surface area contributed by atoms with Crippen LogP contribution in [0.5, 0.6) is 5.75 Å². The fourth-order valence-corrected chi connectivity index (χ4v) is 4.48. The van der Waals surface area contributed by atoms with Gasteiger partial charge in [-0.1, -0.05) is 18.2 Å². The second-order valence-electron chi connectivity index (χ2n) is 10.2. The van der Waals surface area contributed by atoms with E-state index >= 15 is 0 Å². The third kappa shape index (κ3) is 5.61. The van der Waals surface area contributed by atoms with Crippen LogP contribution in [0.2, 0.25) is 0 Å². The van der Waals surface area contributed by atoms with Gasteiger partial charge in [-0.15, -0.1) is 0 Å². The minimum absolute atomic E-state index is 0.121. The van der Waals surface area contributed by atoms with Crippen molar-refractivity contribution >= 4 is 28.3 Å². The van der Waals surface area contributed by atoms with Gasteiger partial charge in [0.15, 0.2) is 0 Å². The zero-order chi connectivity index (χ0) is 26.0.